The minimum Gasteiger partial charge on any atom is -0.442 e. The second-order valence-corrected chi connectivity index (χ2v) is 10.3. The lowest BCUT2D eigenvalue weighted by Crippen LogP contribution is -2.33. The van der Waals surface area contributed by atoms with E-state index >= 15 is 0 Å². The van der Waals surface area contributed by atoms with Crippen molar-refractivity contribution in [1.82, 2.24) is 10.6 Å². The molecule has 3 aromatic rings. The quantitative estimate of drug-likeness (QED) is 0.393. The van der Waals surface area contributed by atoms with Crippen LogP contribution in [0.25, 0.3) is 11.1 Å². The van der Waals surface area contributed by atoms with Gasteiger partial charge in [0.1, 0.15) is 11.9 Å². The molecule has 0 unspecified atom stereocenters. The van der Waals surface area contributed by atoms with Gasteiger partial charge in [0.05, 0.1) is 23.7 Å². The Morgan fingerprint density at radius 2 is 1.68 bits per heavy atom. The normalized spacial score (nSPS) is 15.5. The smallest absolute Gasteiger partial charge is 0.414 e. The van der Waals surface area contributed by atoms with E-state index in [4.69, 9.17) is 9.88 Å². The molecule has 194 valence electrons. The number of amides is 2. The summed E-state index contributed by atoms with van der Waals surface area (Å²) in [7, 11) is -3.71. The molecule has 1 aliphatic rings. The zero-order valence-corrected chi connectivity index (χ0v) is 20.9. The molecule has 0 spiro atoms. The van der Waals surface area contributed by atoms with Crippen LogP contribution in [0.1, 0.15) is 18.1 Å². The van der Waals surface area contributed by atoms with E-state index in [1.807, 2.05) is 24.3 Å². The van der Waals surface area contributed by atoms with Crippen molar-refractivity contribution in [2.24, 2.45) is 5.14 Å². The van der Waals surface area contributed by atoms with Crippen LogP contribution in [0.3, 0.4) is 0 Å². The van der Waals surface area contributed by atoms with Crippen molar-refractivity contribution >= 4 is 27.7 Å². The third-order valence-electron chi connectivity index (χ3n) is 5.89. The van der Waals surface area contributed by atoms with Gasteiger partial charge in [0, 0.05) is 25.6 Å². The van der Waals surface area contributed by atoms with Gasteiger partial charge in [-0.15, -0.1) is 0 Å². The Bertz CT molecular complexity index is 1400. The number of sulfonamides is 1. The largest absolute Gasteiger partial charge is 0.442 e. The average Bonchev–Trinajstić information content (AvgIpc) is 3.23. The number of hydrogen-bond acceptors (Lipinski definition) is 6. The summed E-state index contributed by atoms with van der Waals surface area (Å²) in [5, 5.41) is 11.0. The molecule has 0 saturated carbocycles. The molecule has 0 aliphatic carbocycles. The summed E-state index contributed by atoms with van der Waals surface area (Å²) in [6.07, 6.45) is -1.08. The first kappa shape index (κ1) is 26.3. The number of halogens is 1. The molecular weight excluding hydrogens is 499 g/mol. The van der Waals surface area contributed by atoms with Gasteiger partial charge in [-0.05, 0) is 47.0 Å². The Morgan fingerprint density at radius 1 is 1.05 bits per heavy atom. The SMILES string of the molecule is CC(=O)NC[C@H]1CN(c2ccc(-c3ccc(CNCc4ccc(S(N)(=O)=O)cc4)cc3)c(F)c2)C(=O)O1. The van der Waals surface area contributed by atoms with Crippen molar-refractivity contribution in [3.05, 3.63) is 83.7 Å². The van der Waals surface area contributed by atoms with Crippen LogP contribution in [0.4, 0.5) is 14.9 Å². The molecule has 1 atom stereocenters. The molecule has 0 aromatic heterocycles. The van der Waals surface area contributed by atoms with Crippen LogP contribution in [-0.2, 0) is 32.6 Å². The Hall–Kier alpha value is -3.80. The molecule has 1 fully saturated rings. The molecule has 0 radical (unpaired) electrons. The summed E-state index contributed by atoms with van der Waals surface area (Å²) < 4.78 is 42.9. The summed E-state index contributed by atoms with van der Waals surface area (Å²) in [5.41, 5.74) is 3.38. The minimum absolute atomic E-state index is 0.0682. The van der Waals surface area contributed by atoms with Gasteiger partial charge in [-0.2, -0.15) is 0 Å². The third kappa shape index (κ3) is 6.70. The second-order valence-electron chi connectivity index (χ2n) is 8.71. The van der Waals surface area contributed by atoms with E-state index in [1.54, 1.807) is 24.3 Å². The maximum absolute atomic E-state index is 15.0. The number of ether oxygens (including phenoxy) is 1. The highest BCUT2D eigenvalue weighted by atomic mass is 32.2. The molecule has 4 N–H and O–H groups in total. The van der Waals surface area contributed by atoms with Gasteiger partial charge in [0.15, 0.2) is 0 Å². The van der Waals surface area contributed by atoms with Crippen LogP contribution in [0.5, 0.6) is 0 Å². The predicted molar refractivity (Wildman–Crippen MR) is 136 cm³/mol. The summed E-state index contributed by atoms with van der Waals surface area (Å²) >= 11 is 0. The molecule has 11 heteroatoms. The Labute approximate surface area is 214 Å². The Balaban J connectivity index is 1.34. The molecule has 3 aromatic carbocycles. The second kappa shape index (κ2) is 11.1. The fourth-order valence-corrected chi connectivity index (χ4v) is 4.47. The Morgan fingerprint density at radius 3 is 2.24 bits per heavy atom. The monoisotopic (exact) mass is 526 g/mol. The first-order valence-corrected chi connectivity index (χ1v) is 13.1. The molecule has 1 heterocycles. The average molecular weight is 527 g/mol. The first-order valence-electron chi connectivity index (χ1n) is 11.5. The highest BCUT2D eigenvalue weighted by molar-refractivity contribution is 7.89. The number of cyclic esters (lactones) is 1. The lowest BCUT2D eigenvalue weighted by Gasteiger charge is -2.15. The number of nitrogens with two attached hydrogens (primary N) is 1. The maximum atomic E-state index is 15.0. The van der Waals surface area contributed by atoms with E-state index in [2.05, 4.69) is 10.6 Å². The number of hydrogen-bond donors (Lipinski definition) is 3. The molecule has 1 saturated heterocycles. The molecule has 37 heavy (non-hydrogen) atoms. The Kier molecular flexibility index (Phi) is 7.86. The molecule has 9 nitrogen and oxygen atoms in total. The van der Waals surface area contributed by atoms with Crippen molar-refractivity contribution < 1.29 is 27.1 Å². The summed E-state index contributed by atoms with van der Waals surface area (Å²) in [6.45, 7) is 2.90. The predicted octanol–water partition coefficient (Wildman–Crippen LogP) is 2.89. The number of primary sulfonamides is 1. The number of carbonyl (C=O) groups excluding carboxylic acids is 2. The molecule has 0 bridgehead atoms. The number of nitrogens with one attached hydrogen (secondary N) is 2. The summed E-state index contributed by atoms with van der Waals surface area (Å²) in [6, 6.07) is 18.4. The van der Waals surface area contributed by atoms with Crippen molar-refractivity contribution in [2.45, 2.75) is 31.0 Å². The van der Waals surface area contributed by atoms with Crippen molar-refractivity contribution in [2.75, 3.05) is 18.0 Å². The molecular formula is C26H27FN4O5S. The number of carbonyl (C=O) groups is 2. The molecule has 4 rings (SSSR count). The van der Waals surface area contributed by atoms with E-state index in [1.165, 1.54) is 30.0 Å². The number of nitrogens with zero attached hydrogens (tertiary/aromatic N) is 1. The highest BCUT2D eigenvalue weighted by Gasteiger charge is 2.32. The first-order chi connectivity index (χ1) is 17.6. The lowest BCUT2D eigenvalue weighted by atomic mass is 10.0. The number of rotatable bonds is 9. The van der Waals surface area contributed by atoms with Gasteiger partial charge in [-0.3, -0.25) is 9.69 Å². The van der Waals surface area contributed by atoms with E-state index in [-0.39, 0.29) is 23.9 Å². The summed E-state index contributed by atoms with van der Waals surface area (Å²) in [4.78, 5) is 24.7. The van der Waals surface area contributed by atoms with Crippen molar-refractivity contribution in [3.8, 4) is 11.1 Å². The standard InChI is InChI=1S/C26H27FN4O5S/c1-17(32)30-15-22-16-31(26(33)36-22)21-8-11-24(25(27)12-21)20-6-2-18(3-7-20)13-29-14-19-4-9-23(10-5-19)37(28,34)35/h2-12,22,29H,13-16H2,1H3,(H,30,32)(H2,28,34,35)/t22-/m0/s1. The maximum Gasteiger partial charge on any atom is 0.414 e. The van der Waals surface area contributed by atoms with Gasteiger partial charge in [0.25, 0.3) is 0 Å². The molecule has 2 amide bonds. The van der Waals surface area contributed by atoms with Crippen LogP contribution in [-0.4, -0.2) is 39.6 Å². The van der Waals surface area contributed by atoms with Gasteiger partial charge < -0.3 is 15.4 Å². The fraction of sp³-hybridized carbons (Fsp3) is 0.231. The van der Waals surface area contributed by atoms with E-state index < -0.39 is 28.0 Å². The van der Waals surface area contributed by atoms with Crippen molar-refractivity contribution in [1.29, 1.82) is 0 Å². The summed E-state index contributed by atoms with van der Waals surface area (Å²) in [5.74, 6) is -0.687. The fourth-order valence-electron chi connectivity index (χ4n) is 3.95. The van der Waals surface area contributed by atoms with E-state index in [0.717, 1.165) is 11.1 Å². The van der Waals surface area contributed by atoms with Gasteiger partial charge >= 0.3 is 6.09 Å². The zero-order valence-electron chi connectivity index (χ0n) is 20.1. The van der Waals surface area contributed by atoms with Gasteiger partial charge in [0.2, 0.25) is 15.9 Å². The van der Waals surface area contributed by atoms with Crippen LogP contribution < -0.4 is 20.7 Å². The highest BCUT2D eigenvalue weighted by Crippen LogP contribution is 2.29. The van der Waals surface area contributed by atoms with Crippen molar-refractivity contribution in [3.63, 3.8) is 0 Å². The van der Waals surface area contributed by atoms with Crippen LogP contribution >= 0.6 is 0 Å². The van der Waals surface area contributed by atoms with Crippen LogP contribution in [0, 0.1) is 5.82 Å². The molecule has 1 aliphatic heterocycles. The lowest BCUT2D eigenvalue weighted by molar-refractivity contribution is -0.119. The number of benzene rings is 3. The van der Waals surface area contributed by atoms with E-state index in [9.17, 15) is 22.4 Å². The topological polar surface area (TPSA) is 131 Å². The van der Waals surface area contributed by atoms with Gasteiger partial charge in [-0.25, -0.2) is 22.7 Å². The zero-order chi connectivity index (χ0) is 26.6. The van der Waals surface area contributed by atoms with Crippen LogP contribution in [0.15, 0.2) is 71.6 Å². The minimum atomic E-state index is -3.71. The number of anilines is 1. The van der Waals surface area contributed by atoms with E-state index in [0.29, 0.717) is 29.9 Å². The van der Waals surface area contributed by atoms with Gasteiger partial charge in [-0.1, -0.05) is 36.4 Å². The third-order valence-corrected chi connectivity index (χ3v) is 6.82. The van der Waals surface area contributed by atoms with Crippen LogP contribution in [0.2, 0.25) is 0 Å².